The van der Waals surface area contributed by atoms with Gasteiger partial charge < -0.3 is 20.3 Å². The summed E-state index contributed by atoms with van der Waals surface area (Å²) in [4.78, 5) is 25.3. The van der Waals surface area contributed by atoms with Gasteiger partial charge in [0.1, 0.15) is 5.75 Å². The van der Waals surface area contributed by atoms with Gasteiger partial charge in [0.15, 0.2) is 13.1 Å². The van der Waals surface area contributed by atoms with E-state index in [2.05, 4.69) is 10.6 Å². The quantitative estimate of drug-likeness (QED) is 0.642. The van der Waals surface area contributed by atoms with Crippen LogP contribution in [-0.2, 0) is 9.59 Å². The minimum absolute atomic E-state index is 0.0870. The van der Waals surface area contributed by atoms with Gasteiger partial charge in [-0.1, -0.05) is 41.9 Å². The third-order valence-electron chi connectivity index (χ3n) is 4.04. The molecule has 2 aromatic rings. The van der Waals surface area contributed by atoms with Gasteiger partial charge in [0.2, 0.25) is 0 Å². The van der Waals surface area contributed by atoms with Gasteiger partial charge in [0, 0.05) is 5.02 Å². The Bertz CT molecular complexity index is 783. The van der Waals surface area contributed by atoms with Crippen molar-refractivity contribution >= 4 is 29.1 Å². The van der Waals surface area contributed by atoms with Crippen molar-refractivity contribution < 1.29 is 19.2 Å². The number of carbonyl (C=O) groups excluding carboxylic acids is 2. The molecule has 6 nitrogen and oxygen atoms in total. The lowest BCUT2D eigenvalue weighted by molar-refractivity contribution is -0.862. The van der Waals surface area contributed by atoms with Gasteiger partial charge in [0.05, 0.1) is 25.9 Å². The van der Waals surface area contributed by atoms with E-state index in [0.717, 1.165) is 10.5 Å². The van der Waals surface area contributed by atoms with E-state index in [4.69, 9.17) is 16.3 Å². The zero-order valence-electron chi connectivity index (χ0n) is 15.7. The number of likely N-dealkylation sites (N-methyl/N-ethyl adjacent to an activating group) is 1. The maximum absolute atomic E-state index is 12.3. The van der Waals surface area contributed by atoms with Crippen molar-refractivity contribution in [2.75, 3.05) is 32.6 Å². The van der Waals surface area contributed by atoms with Crippen LogP contribution in [0.5, 0.6) is 5.75 Å². The van der Waals surface area contributed by atoms with Crippen LogP contribution >= 0.6 is 11.6 Å². The zero-order chi connectivity index (χ0) is 19.8. The second kappa shape index (κ2) is 9.94. The van der Waals surface area contributed by atoms with E-state index in [9.17, 15) is 9.59 Å². The van der Waals surface area contributed by atoms with Gasteiger partial charge in [0.25, 0.3) is 11.8 Å². The Kier molecular flexibility index (Phi) is 7.64. The number of benzene rings is 2. The lowest BCUT2D eigenvalue weighted by atomic mass is 10.1. The molecule has 0 fully saturated rings. The van der Waals surface area contributed by atoms with Crippen molar-refractivity contribution in [3.8, 4) is 5.75 Å². The second-order valence-electron chi connectivity index (χ2n) is 6.40. The van der Waals surface area contributed by atoms with Gasteiger partial charge in [-0.25, -0.2) is 0 Å². The van der Waals surface area contributed by atoms with Crippen molar-refractivity contribution in [3.63, 3.8) is 0 Å². The molecule has 2 amide bonds. The van der Waals surface area contributed by atoms with Gasteiger partial charge in [-0.15, -0.1) is 0 Å². The number of amides is 2. The van der Waals surface area contributed by atoms with Crippen LogP contribution in [0.25, 0.3) is 0 Å². The largest absolute Gasteiger partial charge is 0.495 e. The predicted molar refractivity (Wildman–Crippen MR) is 106 cm³/mol. The van der Waals surface area contributed by atoms with Gasteiger partial charge >= 0.3 is 0 Å². The van der Waals surface area contributed by atoms with E-state index in [0.29, 0.717) is 16.5 Å². The smallest absolute Gasteiger partial charge is 0.279 e. The van der Waals surface area contributed by atoms with Crippen molar-refractivity contribution in [1.82, 2.24) is 5.32 Å². The molecule has 0 aliphatic rings. The Morgan fingerprint density at radius 1 is 1.11 bits per heavy atom. The van der Waals surface area contributed by atoms with Gasteiger partial charge in [-0.2, -0.15) is 0 Å². The average Bonchev–Trinajstić information content (AvgIpc) is 2.62. The summed E-state index contributed by atoms with van der Waals surface area (Å²) in [5.74, 6) is 0.189. The number of hydrogen-bond acceptors (Lipinski definition) is 3. The molecule has 2 atom stereocenters. The molecule has 1 unspecified atom stereocenters. The van der Waals surface area contributed by atoms with Crippen LogP contribution < -0.4 is 20.3 Å². The topological polar surface area (TPSA) is 71.9 Å². The highest BCUT2D eigenvalue weighted by Gasteiger charge is 2.17. The predicted octanol–water partition coefficient (Wildman–Crippen LogP) is 1.68. The summed E-state index contributed by atoms with van der Waals surface area (Å²) in [6, 6.07) is 14.6. The molecule has 144 valence electrons. The standard InChI is InChI=1S/C20H24ClN3O3/c1-14(15-7-5-4-6-8-15)22-19(25)12-24(2)13-20(26)23-17-11-16(21)9-10-18(17)27-3/h4-11,14H,12-13H2,1-3H3,(H,22,25)(H,23,26)/p+1/t14-/m0/s1. The van der Waals surface area contributed by atoms with Crippen molar-refractivity contribution in [3.05, 3.63) is 59.1 Å². The summed E-state index contributed by atoms with van der Waals surface area (Å²) in [6.07, 6.45) is 0. The molecular formula is C20H25ClN3O3+. The van der Waals surface area contributed by atoms with Crippen LogP contribution in [0, 0.1) is 0 Å². The molecule has 2 aromatic carbocycles. The molecule has 0 saturated carbocycles. The number of ether oxygens (including phenoxy) is 1. The number of hydrogen-bond donors (Lipinski definition) is 3. The van der Waals surface area contributed by atoms with Gasteiger partial charge in [-0.05, 0) is 30.7 Å². The average molecular weight is 391 g/mol. The van der Waals surface area contributed by atoms with Crippen LogP contribution in [0.4, 0.5) is 5.69 Å². The maximum Gasteiger partial charge on any atom is 0.279 e. The highest BCUT2D eigenvalue weighted by molar-refractivity contribution is 6.31. The lowest BCUT2D eigenvalue weighted by Crippen LogP contribution is -3.11. The number of carbonyl (C=O) groups is 2. The molecule has 0 saturated heterocycles. The summed E-state index contributed by atoms with van der Waals surface area (Å²) < 4.78 is 5.21. The number of methoxy groups -OCH3 is 1. The number of nitrogens with one attached hydrogen (secondary N) is 3. The van der Waals surface area contributed by atoms with Crippen LogP contribution in [0.1, 0.15) is 18.5 Å². The molecule has 0 aliphatic heterocycles. The first-order chi connectivity index (χ1) is 12.9. The first-order valence-electron chi connectivity index (χ1n) is 8.68. The van der Waals surface area contributed by atoms with Crippen LogP contribution in [-0.4, -0.2) is 39.1 Å². The SMILES string of the molecule is COc1ccc(Cl)cc1NC(=O)C[NH+](C)CC(=O)N[C@@H](C)c1ccccc1. The summed E-state index contributed by atoms with van der Waals surface area (Å²) in [5.41, 5.74) is 1.54. The van der Waals surface area contributed by atoms with Crippen LogP contribution in [0.3, 0.4) is 0 Å². The van der Waals surface area contributed by atoms with E-state index in [-0.39, 0.29) is 30.9 Å². The third kappa shape index (κ3) is 6.58. The normalized spacial score (nSPS) is 12.7. The fourth-order valence-corrected chi connectivity index (χ4v) is 2.87. The molecule has 0 spiro atoms. The van der Waals surface area contributed by atoms with E-state index in [1.54, 1.807) is 25.2 Å². The Balaban J connectivity index is 1.84. The fraction of sp³-hybridized carbons (Fsp3) is 0.300. The molecule has 0 aliphatic carbocycles. The number of anilines is 1. The monoisotopic (exact) mass is 390 g/mol. The fourth-order valence-electron chi connectivity index (χ4n) is 2.70. The molecular weight excluding hydrogens is 366 g/mol. The van der Waals surface area contributed by atoms with Crippen molar-refractivity contribution in [1.29, 1.82) is 0 Å². The molecule has 27 heavy (non-hydrogen) atoms. The first-order valence-corrected chi connectivity index (χ1v) is 9.06. The van der Waals surface area contributed by atoms with Crippen molar-refractivity contribution in [2.45, 2.75) is 13.0 Å². The van der Waals surface area contributed by atoms with E-state index < -0.39 is 0 Å². The number of rotatable bonds is 8. The minimum atomic E-state index is -0.225. The highest BCUT2D eigenvalue weighted by atomic mass is 35.5. The van der Waals surface area contributed by atoms with E-state index in [1.165, 1.54) is 7.11 Å². The summed E-state index contributed by atoms with van der Waals surface area (Å²) >= 11 is 5.97. The Labute approximate surface area is 164 Å². The Hall–Kier alpha value is -2.57. The maximum atomic E-state index is 12.3. The molecule has 0 radical (unpaired) electrons. The molecule has 0 heterocycles. The summed E-state index contributed by atoms with van der Waals surface area (Å²) in [5, 5.41) is 6.22. The van der Waals surface area contributed by atoms with Crippen LogP contribution in [0.15, 0.2) is 48.5 Å². The highest BCUT2D eigenvalue weighted by Crippen LogP contribution is 2.27. The minimum Gasteiger partial charge on any atom is -0.495 e. The molecule has 0 bridgehead atoms. The van der Waals surface area contributed by atoms with Crippen LogP contribution in [0.2, 0.25) is 5.02 Å². The van der Waals surface area contributed by atoms with Gasteiger partial charge in [-0.3, -0.25) is 9.59 Å². The molecule has 0 aromatic heterocycles. The number of quaternary nitrogens is 1. The van der Waals surface area contributed by atoms with E-state index in [1.807, 2.05) is 37.3 Å². The summed E-state index contributed by atoms with van der Waals surface area (Å²) in [6.45, 7) is 2.26. The first kappa shape index (κ1) is 20.7. The zero-order valence-corrected chi connectivity index (χ0v) is 16.5. The molecule has 7 heteroatoms. The summed E-state index contributed by atoms with van der Waals surface area (Å²) in [7, 11) is 3.32. The second-order valence-corrected chi connectivity index (χ2v) is 6.84. The molecule has 2 rings (SSSR count). The Morgan fingerprint density at radius 3 is 2.44 bits per heavy atom. The van der Waals surface area contributed by atoms with Crippen molar-refractivity contribution in [2.24, 2.45) is 0 Å². The Morgan fingerprint density at radius 2 is 1.78 bits per heavy atom. The van der Waals surface area contributed by atoms with E-state index >= 15 is 0 Å². The number of halogens is 1. The molecule has 3 N–H and O–H groups in total. The lowest BCUT2D eigenvalue weighted by Gasteiger charge is -2.17. The third-order valence-corrected chi connectivity index (χ3v) is 4.27.